The summed E-state index contributed by atoms with van der Waals surface area (Å²) in [7, 11) is 0. The minimum atomic E-state index is -0.490. The monoisotopic (exact) mass is 344 g/mol. The van der Waals surface area contributed by atoms with E-state index in [1.165, 1.54) is 0 Å². The third-order valence-electron chi connectivity index (χ3n) is 4.96. The van der Waals surface area contributed by atoms with Crippen molar-refractivity contribution in [2.75, 3.05) is 0 Å². The Kier molecular flexibility index (Phi) is 4.50. The predicted molar refractivity (Wildman–Crippen MR) is 95.4 cm³/mol. The molecule has 2 N–H and O–H groups in total. The van der Waals surface area contributed by atoms with Crippen LogP contribution in [0.4, 0.5) is 0 Å². The molecular weight excluding hydrogens is 324 g/mol. The Morgan fingerprint density at radius 1 is 1.25 bits per heavy atom. The van der Waals surface area contributed by atoms with Crippen molar-refractivity contribution in [3.63, 3.8) is 0 Å². The molecule has 5 heteroatoms. The summed E-state index contributed by atoms with van der Waals surface area (Å²) in [6.07, 6.45) is 2.67. The van der Waals surface area contributed by atoms with E-state index < -0.39 is 5.41 Å². The number of aromatic nitrogens is 1. The topological polar surface area (TPSA) is 62.0 Å². The summed E-state index contributed by atoms with van der Waals surface area (Å²) < 4.78 is 0. The number of amides is 1. The summed E-state index contributed by atoms with van der Waals surface area (Å²) in [5.41, 5.74) is 2.69. The van der Waals surface area contributed by atoms with E-state index in [1.807, 2.05) is 44.2 Å². The van der Waals surface area contributed by atoms with Gasteiger partial charge in [-0.2, -0.15) is 0 Å². The van der Waals surface area contributed by atoms with Crippen molar-refractivity contribution in [2.45, 2.75) is 45.1 Å². The molecule has 4 nitrogen and oxygen atoms in total. The molecule has 0 atom stereocenters. The van der Waals surface area contributed by atoms with Crippen molar-refractivity contribution in [3.8, 4) is 0 Å². The van der Waals surface area contributed by atoms with E-state index >= 15 is 0 Å². The highest BCUT2D eigenvalue weighted by Gasteiger charge is 2.45. The van der Waals surface area contributed by atoms with Crippen LogP contribution in [0.15, 0.2) is 35.1 Å². The van der Waals surface area contributed by atoms with Gasteiger partial charge in [0.05, 0.1) is 5.41 Å². The van der Waals surface area contributed by atoms with Crippen molar-refractivity contribution >= 4 is 17.5 Å². The normalized spacial score (nSPS) is 15.6. The third-order valence-corrected chi connectivity index (χ3v) is 5.21. The minimum Gasteiger partial charge on any atom is -0.351 e. The number of pyridine rings is 1. The zero-order valence-corrected chi connectivity index (χ0v) is 14.7. The molecule has 0 bridgehead atoms. The molecule has 0 aliphatic heterocycles. The van der Waals surface area contributed by atoms with Crippen LogP contribution < -0.4 is 10.9 Å². The molecule has 24 heavy (non-hydrogen) atoms. The minimum absolute atomic E-state index is 0.0181. The Balaban J connectivity index is 1.79. The number of nitrogens with one attached hydrogen (secondary N) is 2. The second-order valence-electron chi connectivity index (χ2n) is 6.57. The van der Waals surface area contributed by atoms with Crippen LogP contribution in [0.5, 0.6) is 0 Å². The van der Waals surface area contributed by atoms with E-state index in [9.17, 15) is 9.59 Å². The molecule has 1 aromatic heterocycles. The third kappa shape index (κ3) is 2.98. The summed E-state index contributed by atoms with van der Waals surface area (Å²) in [4.78, 5) is 27.7. The van der Waals surface area contributed by atoms with Gasteiger partial charge in [0.2, 0.25) is 5.91 Å². The summed E-state index contributed by atoms with van der Waals surface area (Å²) in [6.45, 7) is 3.98. The molecule has 3 rings (SSSR count). The van der Waals surface area contributed by atoms with Crippen LogP contribution in [0.1, 0.15) is 41.6 Å². The Morgan fingerprint density at radius 2 is 1.92 bits per heavy atom. The molecule has 1 heterocycles. The van der Waals surface area contributed by atoms with Gasteiger partial charge < -0.3 is 10.3 Å². The number of carbonyl (C=O) groups excluding carboxylic acids is 1. The molecule has 1 aliphatic rings. The maximum absolute atomic E-state index is 12.8. The van der Waals surface area contributed by atoms with E-state index in [-0.39, 0.29) is 18.0 Å². The predicted octanol–water partition coefficient (Wildman–Crippen LogP) is 3.38. The maximum atomic E-state index is 12.8. The standard InChI is InChI=1S/C19H21ClN2O2/c1-12-10-13(2)22-17(23)16(12)11-21-18(24)19(8-3-9-19)14-4-6-15(20)7-5-14/h4-7,10H,3,8-9,11H2,1-2H3,(H,21,24)(H,22,23). The number of aromatic amines is 1. The number of benzene rings is 1. The maximum Gasteiger partial charge on any atom is 0.253 e. The van der Waals surface area contributed by atoms with Gasteiger partial charge in [0.1, 0.15) is 0 Å². The van der Waals surface area contributed by atoms with E-state index in [0.717, 1.165) is 36.1 Å². The quantitative estimate of drug-likeness (QED) is 0.893. The van der Waals surface area contributed by atoms with Gasteiger partial charge in [0, 0.05) is 22.8 Å². The Labute approximate surface area is 146 Å². The second kappa shape index (κ2) is 6.44. The number of hydrogen-bond donors (Lipinski definition) is 2. The number of aryl methyl sites for hydroxylation is 2. The van der Waals surface area contributed by atoms with Crippen LogP contribution in [-0.4, -0.2) is 10.9 Å². The van der Waals surface area contributed by atoms with Crippen LogP contribution in [0.25, 0.3) is 0 Å². The largest absolute Gasteiger partial charge is 0.351 e. The second-order valence-corrected chi connectivity index (χ2v) is 7.00. The zero-order valence-electron chi connectivity index (χ0n) is 13.9. The van der Waals surface area contributed by atoms with E-state index in [1.54, 1.807) is 0 Å². The van der Waals surface area contributed by atoms with Crippen molar-refractivity contribution in [1.82, 2.24) is 10.3 Å². The molecule has 0 unspecified atom stereocenters. The first-order valence-corrected chi connectivity index (χ1v) is 8.54. The number of H-pyrrole nitrogens is 1. The first-order chi connectivity index (χ1) is 11.4. The SMILES string of the molecule is Cc1cc(C)c(CNC(=O)C2(c3ccc(Cl)cc3)CCC2)c(=O)[nH]1. The van der Waals surface area contributed by atoms with Crippen molar-refractivity contribution in [3.05, 3.63) is 68.1 Å². The Bertz CT molecular complexity index is 820. The smallest absolute Gasteiger partial charge is 0.253 e. The highest BCUT2D eigenvalue weighted by atomic mass is 35.5. The Morgan fingerprint density at radius 3 is 2.46 bits per heavy atom. The first kappa shape index (κ1) is 16.8. The molecular formula is C19H21ClN2O2. The van der Waals surface area contributed by atoms with Gasteiger partial charge in [-0.25, -0.2) is 0 Å². The average Bonchev–Trinajstić information content (AvgIpc) is 2.47. The van der Waals surface area contributed by atoms with E-state index in [4.69, 9.17) is 11.6 Å². The van der Waals surface area contributed by atoms with Gasteiger partial charge in [0.15, 0.2) is 0 Å². The molecule has 0 saturated heterocycles. The molecule has 1 amide bonds. The van der Waals surface area contributed by atoms with E-state index in [0.29, 0.717) is 10.6 Å². The summed E-state index contributed by atoms with van der Waals surface area (Å²) in [5, 5.41) is 3.63. The lowest BCUT2D eigenvalue weighted by atomic mass is 9.64. The number of carbonyl (C=O) groups is 1. The van der Waals surface area contributed by atoms with Crippen LogP contribution in [-0.2, 0) is 16.8 Å². The van der Waals surface area contributed by atoms with Gasteiger partial charge in [-0.15, -0.1) is 0 Å². The van der Waals surface area contributed by atoms with Crippen LogP contribution in [0, 0.1) is 13.8 Å². The fourth-order valence-electron chi connectivity index (χ4n) is 3.39. The Hall–Kier alpha value is -2.07. The average molecular weight is 345 g/mol. The zero-order chi connectivity index (χ0) is 17.3. The summed E-state index contributed by atoms with van der Waals surface area (Å²) in [6, 6.07) is 9.40. The number of halogens is 1. The molecule has 2 aromatic rings. The van der Waals surface area contributed by atoms with Crippen molar-refractivity contribution in [1.29, 1.82) is 0 Å². The molecule has 1 fully saturated rings. The molecule has 0 radical (unpaired) electrons. The highest BCUT2D eigenvalue weighted by Crippen LogP contribution is 2.44. The summed E-state index contributed by atoms with van der Waals surface area (Å²) >= 11 is 5.95. The fourth-order valence-corrected chi connectivity index (χ4v) is 3.51. The van der Waals surface area contributed by atoms with Crippen molar-refractivity contribution < 1.29 is 4.79 Å². The van der Waals surface area contributed by atoms with Gasteiger partial charge in [0.25, 0.3) is 5.56 Å². The highest BCUT2D eigenvalue weighted by molar-refractivity contribution is 6.30. The van der Waals surface area contributed by atoms with Gasteiger partial charge in [-0.05, 0) is 56.0 Å². The number of hydrogen-bond acceptors (Lipinski definition) is 2. The summed E-state index contributed by atoms with van der Waals surface area (Å²) in [5.74, 6) is -0.0181. The molecule has 1 saturated carbocycles. The lowest BCUT2D eigenvalue weighted by molar-refractivity contribution is -0.130. The lowest BCUT2D eigenvalue weighted by Gasteiger charge is -2.40. The molecule has 1 aromatic carbocycles. The van der Waals surface area contributed by atoms with E-state index in [2.05, 4.69) is 10.3 Å². The molecule has 0 spiro atoms. The number of rotatable bonds is 4. The first-order valence-electron chi connectivity index (χ1n) is 8.16. The van der Waals surface area contributed by atoms with Crippen LogP contribution in [0.2, 0.25) is 5.02 Å². The lowest BCUT2D eigenvalue weighted by Crippen LogP contribution is -2.49. The van der Waals surface area contributed by atoms with Gasteiger partial charge in [-0.3, -0.25) is 9.59 Å². The molecule has 1 aliphatic carbocycles. The molecule has 126 valence electrons. The van der Waals surface area contributed by atoms with Crippen LogP contribution in [0.3, 0.4) is 0 Å². The van der Waals surface area contributed by atoms with Crippen molar-refractivity contribution in [2.24, 2.45) is 0 Å². The fraction of sp³-hybridized carbons (Fsp3) is 0.368. The van der Waals surface area contributed by atoms with Gasteiger partial charge in [-0.1, -0.05) is 30.2 Å². The van der Waals surface area contributed by atoms with Gasteiger partial charge >= 0.3 is 0 Å². The van der Waals surface area contributed by atoms with Crippen LogP contribution >= 0.6 is 11.6 Å².